The molecule has 5 nitrogen and oxygen atoms in total. The Morgan fingerprint density at radius 3 is 1.31 bits per heavy atom. The van der Waals surface area contributed by atoms with Gasteiger partial charge in [-0.15, -0.1) is 0 Å². The summed E-state index contributed by atoms with van der Waals surface area (Å²) in [6.45, 7) is -0.170. The van der Waals surface area contributed by atoms with Crippen molar-refractivity contribution >= 4 is 136 Å². The van der Waals surface area contributed by atoms with Crippen LogP contribution in [0.25, 0.3) is 11.0 Å². The van der Waals surface area contributed by atoms with E-state index in [-0.39, 0.29) is 13.4 Å². The Balaban J connectivity index is 1.13. The molecule has 8 aromatic carbocycles. The molecule has 0 spiro atoms. The Morgan fingerprint density at radius 2 is 0.742 bits per heavy atom. The summed E-state index contributed by atoms with van der Waals surface area (Å²) in [6.07, 6.45) is 0. The van der Waals surface area contributed by atoms with Gasteiger partial charge in [-0.3, -0.25) is 0 Å². The third kappa shape index (κ3) is 4.54. The van der Waals surface area contributed by atoms with Crippen molar-refractivity contribution in [3.63, 3.8) is 0 Å². The van der Waals surface area contributed by atoms with Crippen LogP contribution in [0.1, 0.15) is 0 Å². The maximum absolute atomic E-state index is 7.22. The van der Waals surface area contributed by atoms with Gasteiger partial charge in [-0.2, -0.15) is 11.3 Å². The molecule has 4 aliphatic rings. The molecule has 288 valence electrons. The van der Waals surface area contributed by atoms with Crippen molar-refractivity contribution in [2.45, 2.75) is 0 Å². The van der Waals surface area contributed by atoms with Crippen molar-refractivity contribution in [3.05, 3.63) is 206 Å². The van der Waals surface area contributed by atoms with E-state index in [1.165, 1.54) is 60.1 Å². The smallest absolute Gasteiger partial charge is 0.309 e. The highest BCUT2D eigenvalue weighted by Gasteiger charge is 2.53. The van der Waals surface area contributed by atoms with Gasteiger partial charge < -0.3 is 24.0 Å². The molecule has 0 saturated heterocycles. The third-order valence-electron chi connectivity index (χ3n) is 13.2. The average Bonchev–Trinajstić information content (AvgIpc) is 3.92. The average molecular weight is 809 g/mol. The molecule has 0 amide bonds. The fraction of sp³-hybridized carbons (Fsp3) is 0. The molecule has 0 radical (unpaired) electrons. The summed E-state index contributed by atoms with van der Waals surface area (Å²) in [4.78, 5) is 10.0. The van der Waals surface area contributed by atoms with E-state index >= 15 is 0 Å². The molecule has 0 N–H and O–H groups in total. The number of anilines is 12. The highest BCUT2D eigenvalue weighted by atomic mass is 32.1. The minimum Gasteiger partial charge on any atom is -0.468 e. The van der Waals surface area contributed by atoms with Crippen LogP contribution in [0, 0.1) is 0 Å². The number of rotatable bonds is 4. The summed E-state index contributed by atoms with van der Waals surface area (Å²) < 4.78 is 9.84. The summed E-state index contributed by atoms with van der Waals surface area (Å²) in [7, 11) is 0. The van der Waals surface area contributed by atoms with Crippen molar-refractivity contribution in [2.24, 2.45) is 0 Å². The Hall–Kier alpha value is -7.67. The number of nitrogens with zero attached hydrogens (tertiary/aromatic N) is 4. The first-order chi connectivity index (χ1) is 30.8. The molecule has 6 heterocycles. The Bertz CT molecular complexity index is 3410. The lowest BCUT2D eigenvalue weighted by Gasteiger charge is -2.44. The Kier molecular flexibility index (Phi) is 7.10. The van der Waals surface area contributed by atoms with Crippen LogP contribution in [0.4, 0.5) is 68.2 Å². The first-order valence-electron chi connectivity index (χ1n) is 21.3. The molecule has 4 aliphatic heterocycles. The molecule has 0 saturated carbocycles. The number of hydrogen-bond donors (Lipinski definition) is 0. The molecule has 0 unspecified atom stereocenters. The van der Waals surface area contributed by atoms with E-state index in [0.717, 1.165) is 50.8 Å². The molecule has 2 aromatic heterocycles. The van der Waals surface area contributed by atoms with Crippen LogP contribution >= 0.6 is 11.3 Å². The van der Waals surface area contributed by atoms with E-state index in [0.29, 0.717) is 0 Å². The molecule has 0 atom stereocenters. The predicted octanol–water partition coefficient (Wildman–Crippen LogP) is 10.7. The maximum atomic E-state index is 7.22. The molecular weight excluding hydrogens is 774 g/mol. The first-order valence-corrected chi connectivity index (χ1v) is 22.1. The van der Waals surface area contributed by atoms with Gasteiger partial charge in [0.1, 0.15) is 11.2 Å². The lowest BCUT2D eigenvalue weighted by atomic mass is 9.35. The molecule has 0 bridgehead atoms. The molecule has 10 aromatic rings. The summed E-state index contributed by atoms with van der Waals surface area (Å²) >= 11 is 1.96. The highest BCUT2D eigenvalue weighted by Crippen LogP contribution is 2.53. The van der Waals surface area contributed by atoms with Crippen molar-refractivity contribution in [3.8, 4) is 0 Å². The molecule has 0 aliphatic carbocycles. The van der Waals surface area contributed by atoms with Crippen LogP contribution in [0.2, 0.25) is 0 Å². The zero-order valence-corrected chi connectivity index (χ0v) is 34.2. The predicted molar refractivity (Wildman–Crippen MR) is 262 cm³/mol. The molecular formula is C54H34B2N4OS. The topological polar surface area (TPSA) is 26.1 Å². The number of furan rings is 1. The molecule has 62 heavy (non-hydrogen) atoms. The summed E-state index contributed by atoms with van der Waals surface area (Å²) in [5.74, 6) is 0. The number of para-hydroxylation sites is 6. The molecule has 14 rings (SSSR count). The van der Waals surface area contributed by atoms with Gasteiger partial charge >= 0.3 is 6.71 Å². The second kappa shape index (κ2) is 12.9. The molecule has 8 heteroatoms. The SMILES string of the molecule is c1ccc(N2c3ccccc3B3c4sc5c(c4N(c4ccccc4)c4cccc2c43)N(c2ccccc2)c2cccc3c2B5c2oc4ccccc4c2N3c2ccccc2)cc1. The number of fused-ring (bicyclic) bond motifs is 11. The Morgan fingerprint density at radius 1 is 0.339 bits per heavy atom. The zero-order valence-electron chi connectivity index (χ0n) is 33.4. The van der Waals surface area contributed by atoms with Gasteiger partial charge in [-0.1, -0.05) is 115 Å². The minimum absolute atomic E-state index is 0.0114. The highest BCUT2D eigenvalue weighted by molar-refractivity contribution is 7.38. The van der Waals surface area contributed by atoms with Crippen molar-refractivity contribution in [1.29, 1.82) is 0 Å². The van der Waals surface area contributed by atoms with Crippen molar-refractivity contribution in [2.75, 3.05) is 19.6 Å². The lowest BCUT2D eigenvalue weighted by Crippen LogP contribution is -2.60. The largest absolute Gasteiger partial charge is 0.468 e. The summed E-state index contributed by atoms with van der Waals surface area (Å²) in [5.41, 5.74) is 19.7. The van der Waals surface area contributed by atoms with E-state index in [4.69, 9.17) is 4.42 Å². The van der Waals surface area contributed by atoms with Crippen LogP contribution in [-0.4, -0.2) is 13.4 Å². The van der Waals surface area contributed by atoms with Gasteiger partial charge in [0.05, 0.1) is 17.1 Å². The van der Waals surface area contributed by atoms with Crippen molar-refractivity contribution < 1.29 is 4.42 Å². The summed E-state index contributed by atoms with van der Waals surface area (Å²) in [5, 5.41) is 1.11. The van der Waals surface area contributed by atoms with E-state index < -0.39 is 0 Å². The van der Waals surface area contributed by atoms with Gasteiger partial charge in [-0.25, -0.2) is 0 Å². The standard InChI is InChI=1S/C54H34B2N4OS/c1-5-19-35(20-6-1)57-41-29-15-14-28-40(41)55-47-42(57)30-17-31-43(47)59(37-23-9-3-10-24-37)50-51-54(62-53(50)55)56-48-44(32-18-33-45(48)60(51)38-25-11-4-12-26-38)58(36-21-7-2-8-22-36)49-39-27-13-16-34-46(39)61-52(49)56/h1-34H. The monoisotopic (exact) mass is 808 g/mol. The van der Waals surface area contributed by atoms with Crippen LogP contribution in [0.15, 0.2) is 211 Å². The van der Waals surface area contributed by atoms with E-state index in [2.05, 4.69) is 226 Å². The van der Waals surface area contributed by atoms with Crippen LogP contribution in [0.5, 0.6) is 0 Å². The lowest BCUT2D eigenvalue weighted by molar-refractivity contribution is 0.651. The number of benzene rings is 8. The van der Waals surface area contributed by atoms with E-state index in [9.17, 15) is 0 Å². The quantitative estimate of drug-likeness (QED) is 0.165. The van der Waals surface area contributed by atoms with Gasteiger partial charge in [0, 0.05) is 66.1 Å². The number of hydrogen-bond acceptors (Lipinski definition) is 6. The van der Waals surface area contributed by atoms with Crippen molar-refractivity contribution in [1.82, 2.24) is 0 Å². The zero-order chi connectivity index (χ0) is 40.5. The van der Waals surface area contributed by atoms with E-state index in [1.807, 2.05) is 11.3 Å². The minimum atomic E-state index is -0.158. The maximum Gasteiger partial charge on any atom is 0.309 e. The molecule has 0 fully saturated rings. The first kappa shape index (κ1) is 34.1. The third-order valence-corrected chi connectivity index (χ3v) is 14.5. The summed E-state index contributed by atoms with van der Waals surface area (Å²) in [6, 6.07) is 74.9. The normalized spacial score (nSPS) is 13.9. The van der Waals surface area contributed by atoms with Crippen LogP contribution < -0.4 is 51.2 Å². The van der Waals surface area contributed by atoms with Gasteiger partial charge in [0.2, 0.25) is 0 Å². The number of thiophene rings is 1. The van der Waals surface area contributed by atoms with E-state index in [1.54, 1.807) is 0 Å². The fourth-order valence-corrected chi connectivity index (χ4v) is 12.3. The Labute approximate surface area is 364 Å². The van der Waals surface area contributed by atoms with Crippen LogP contribution in [0.3, 0.4) is 0 Å². The van der Waals surface area contributed by atoms with Crippen LogP contribution in [-0.2, 0) is 0 Å². The van der Waals surface area contributed by atoms with Gasteiger partial charge in [0.25, 0.3) is 6.71 Å². The second-order valence-corrected chi connectivity index (χ2v) is 17.5. The second-order valence-electron chi connectivity index (χ2n) is 16.4. The van der Waals surface area contributed by atoms with Gasteiger partial charge in [-0.05, 0) is 107 Å². The van der Waals surface area contributed by atoms with Gasteiger partial charge in [0.15, 0.2) is 0 Å². The fourth-order valence-electron chi connectivity index (χ4n) is 10.8.